The third-order valence-electron chi connectivity index (χ3n) is 8.30. The van der Waals surface area contributed by atoms with Crippen molar-refractivity contribution in [3.8, 4) is 0 Å². The fourth-order valence-corrected chi connectivity index (χ4v) is 6.30. The zero-order valence-corrected chi connectivity index (χ0v) is 21.9. The van der Waals surface area contributed by atoms with E-state index in [1.807, 2.05) is 13.0 Å². The standard InChI is InChI=1S/C28H36O10/c1-17-4-7-20-27(2,19(17)6-5-18-13-15-36-26(18)35)14-12-21(38-25(34)11-9-23(31)32)28(20,3)16-37-24(33)10-8-22(29)30/h5-6,13,19-21H,1,4,7-12,14-16H2,2-3H3,(H,29,30)(H,31,32)/b6-5+/t19-,20-,21+,27+,28-/m0/s1. The molecule has 2 aliphatic carbocycles. The second-order valence-corrected chi connectivity index (χ2v) is 10.8. The van der Waals surface area contributed by atoms with Crippen LogP contribution in [0.15, 0.2) is 36.0 Å². The van der Waals surface area contributed by atoms with Crippen molar-refractivity contribution in [1.82, 2.24) is 0 Å². The summed E-state index contributed by atoms with van der Waals surface area (Å²) >= 11 is 0. The van der Waals surface area contributed by atoms with Gasteiger partial charge in [-0.1, -0.05) is 38.2 Å². The Bertz CT molecular complexity index is 1060. The predicted octanol–water partition coefficient (Wildman–Crippen LogP) is 3.60. The summed E-state index contributed by atoms with van der Waals surface area (Å²) in [7, 11) is 0. The second-order valence-electron chi connectivity index (χ2n) is 10.8. The molecule has 5 atom stereocenters. The summed E-state index contributed by atoms with van der Waals surface area (Å²) in [5.74, 6) is -4.05. The molecule has 0 aromatic carbocycles. The summed E-state index contributed by atoms with van der Waals surface area (Å²) in [6, 6.07) is 0. The van der Waals surface area contributed by atoms with Gasteiger partial charge in [0.25, 0.3) is 0 Å². The van der Waals surface area contributed by atoms with E-state index in [0.29, 0.717) is 31.3 Å². The molecule has 1 heterocycles. The lowest BCUT2D eigenvalue weighted by atomic mass is 9.46. The van der Waals surface area contributed by atoms with Gasteiger partial charge in [-0.15, -0.1) is 0 Å². The summed E-state index contributed by atoms with van der Waals surface area (Å²) in [6.45, 7) is 8.49. The lowest BCUT2D eigenvalue weighted by molar-refractivity contribution is -0.192. The van der Waals surface area contributed by atoms with E-state index >= 15 is 0 Å². The van der Waals surface area contributed by atoms with Gasteiger partial charge in [0.15, 0.2) is 0 Å². The Labute approximate surface area is 221 Å². The number of ether oxygens (including phenoxy) is 3. The molecule has 10 nitrogen and oxygen atoms in total. The van der Waals surface area contributed by atoms with E-state index in [9.17, 15) is 24.0 Å². The number of hydrogen-bond acceptors (Lipinski definition) is 8. The minimum Gasteiger partial charge on any atom is -0.481 e. The molecule has 0 radical (unpaired) electrons. The first-order valence-corrected chi connectivity index (χ1v) is 12.9. The van der Waals surface area contributed by atoms with Crippen LogP contribution in [0.3, 0.4) is 0 Å². The van der Waals surface area contributed by atoms with Crippen LogP contribution in [0.25, 0.3) is 0 Å². The number of carboxylic acid groups (broad SMARTS) is 2. The lowest BCUT2D eigenvalue weighted by Crippen LogP contribution is -2.58. The Morgan fingerprint density at radius 2 is 1.74 bits per heavy atom. The van der Waals surface area contributed by atoms with Crippen molar-refractivity contribution in [2.24, 2.45) is 22.7 Å². The maximum Gasteiger partial charge on any atom is 0.338 e. The van der Waals surface area contributed by atoms with Crippen LogP contribution in [-0.2, 0) is 38.2 Å². The number of carbonyl (C=O) groups excluding carboxylic acids is 3. The molecule has 2 saturated carbocycles. The van der Waals surface area contributed by atoms with Gasteiger partial charge in [-0.25, -0.2) is 4.79 Å². The minimum atomic E-state index is -1.11. The molecular weight excluding hydrogens is 496 g/mol. The molecule has 2 fully saturated rings. The zero-order valence-electron chi connectivity index (χ0n) is 21.9. The molecule has 10 heteroatoms. The van der Waals surface area contributed by atoms with E-state index in [0.717, 1.165) is 5.57 Å². The number of fused-ring (bicyclic) bond motifs is 1. The van der Waals surface area contributed by atoms with E-state index in [1.165, 1.54) is 0 Å². The minimum absolute atomic E-state index is 0.0804. The van der Waals surface area contributed by atoms with E-state index in [4.69, 9.17) is 24.4 Å². The van der Waals surface area contributed by atoms with E-state index < -0.39 is 35.4 Å². The summed E-state index contributed by atoms with van der Waals surface area (Å²) in [4.78, 5) is 58.6. The maximum atomic E-state index is 12.5. The number of carbonyl (C=O) groups is 5. The molecule has 0 saturated heterocycles. The third kappa shape index (κ3) is 6.52. The molecule has 0 unspecified atom stereocenters. The van der Waals surface area contributed by atoms with Gasteiger partial charge in [0.05, 0.1) is 31.3 Å². The van der Waals surface area contributed by atoms with Gasteiger partial charge in [-0.05, 0) is 43.1 Å². The number of allylic oxidation sites excluding steroid dienone is 2. The van der Waals surface area contributed by atoms with E-state index in [2.05, 4.69) is 13.5 Å². The molecular formula is C28H36O10. The van der Waals surface area contributed by atoms with Crippen LogP contribution in [0.5, 0.6) is 0 Å². The number of esters is 3. The lowest BCUT2D eigenvalue weighted by Gasteiger charge is -2.59. The highest BCUT2D eigenvalue weighted by Crippen LogP contribution is 2.62. The molecule has 3 aliphatic rings. The van der Waals surface area contributed by atoms with Crippen molar-refractivity contribution in [2.75, 3.05) is 13.2 Å². The molecule has 208 valence electrons. The third-order valence-corrected chi connectivity index (χ3v) is 8.30. The second kappa shape index (κ2) is 12.0. The topological polar surface area (TPSA) is 154 Å². The normalized spacial score (nSPS) is 30.8. The van der Waals surface area contributed by atoms with Gasteiger partial charge >= 0.3 is 29.8 Å². The Balaban J connectivity index is 1.88. The Kier molecular flexibility index (Phi) is 9.17. The number of aliphatic carboxylic acids is 2. The summed E-state index contributed by atoms with van der Waals surface area (Å²) in [5, 5.41) is 17.8. The Morgan fingerprint density at radius 1 is 1.08 bits per heavy atom. The molecule has 0 spiro atoms. The first-order chi connectivity index (χ1) is 17.9. The molecule has 2 N–H and O–H groups in total. The average molecular weight is 533 g/mol. The monoisotopic (exact) mass is 532 g/mol. The van der Waals surface area contributed by atoms with Crippen molar-refractivity contribution < 1.29 is 48.4 Å². The molecule has 0 aromatic rings. The highest BCUT2D eigenvalue weighted by molar-refractivity contribution is 5.93. The first-order valence-electron chi connectivity index (χ1n) is 12.9. The Morgan fingerprint density at radius 3 is 2.34 bits per heavy atom. The van der Waals surface area contributed by atoms with Gasteiger partial charge in [-0.2, -0.15) is 0 Å². The van der Waals surface area contributed by atoms with Gasteiger partial charge in [0.1, 0.15) is 19.3 Å². The zero-order chi connectivity index (χ0) is 28.1. The predicted molar refractivity (Wildman–Crippen MR) is 134 cm³/mol. The maximum absolute atomic E-state index is 12.5. The van der Waals surface area contributed by atoms with Gasteiger partial charge in [0, 0.05) is 11.3 Å². The van der Waals surface area contributed by atoms with Crippen LogP contribution < -0.4 is 0 Å². The van der Waals surface area contributed by atoms with Crippen LogP contribution in [0.4, 0.5) is 0 Å². The SMILES string of the molecule is C=C1CC[C@@H]2[C@](C)(COC(=O)CCC(=O)O)[C@H](OC(=O)CCC(=O)O)CC[C@]2(C)[C@H]1/C=C/C1=CCOC1=O. The molecule has 0 amide bonds. The van der Waals surface area contributed by atoms with Crippen LogP contribution in [-0.4, -0.2) is 59.4 Å². The average Bonchev–Trinajstić information content (AvgIpc) is 3.26. The highest BCUT2D eigenvalue weighted by Gasteiger charge is 2.59. The fraction of sp³-hybridized carbons (Fsp3) is 0.607. The van der Waals surface area contributed by atoms with Crippen LogP contribution in [0, 0.1) is 22.7 Å². The summed E-state index contributed by atoms with van der Waals surface area (Å²) in [5.41, 5.74) is 0.328. The van der Waals surface area contributed by atoms with Crippen molar-refractivity contribution in [1.29, 1.82) is 0 Å². The molecule has 1 aliphatic heterocycles. The van der Waals surface area contributed by atoms with Gasteiger partial charge < -0.3 is 24.4 Å². The van der Waals surface area contributed by atoms with Gasteiger partial charge in [-0.3, -0.25) is 19.2 Å². The van der Waals surface area contributed by atoms with Crippen molar-refractivity contribution >= 4 is 29.8 Å². The highest BCUT2D eigenvalue weighted by atomic mass is 16.6. The van der Waals surface area contributed by atoms with Crippen LogP contribution in [0.2, 0.25) is 0 Å². The molecule has 3 rings (SSSR count). The largest absolute Gasteiger partial charge is 0.481 e. The van der Waals surface area contributed by atoms with Crippen molar-refractivity contribution in [3.63, 3.8) is 0 Å². The number of carboxylic acids is 2. The van der Waals surface area contributed by atoms with Crippen LogP contribution in [0.1, 0.15) is 65.2 Å². The van der Waals surface area contributed by atoms with Crippen LogP contribution >= 0.6 is 0 Å². The number of rotatable bonds is 11. The van der Waals surface area contributed by atoms with Gasteiger partial charge in [0.2, 0.25) is 0 Å². The fourth-order valence-electron chi connectivity index (χ4n) is 6.30. The first kappa shape index (κ1) is 29.1. The smallest absolute Gasteiger partial charge is 0.338 e. The quantitative estimate of drug-likeness (QED) is 0.229. The van der Waals surface area contributed by atoms with E-state index in [-0.39, 0.29) is 62.1 Å². The number of hydrogen-bond donors (Lipinski definition) is 2. The van der Waals surface area contributed by atoms with Crippen molar-refractivity contribution in [3.05, 3.63) is 36.0 Å². The van der Waals surface area contributed by atoms with E-state index in [1.54, 1.807) is 12.2 Å². The Hall–Kier alpha value is -3.43. The molecule has 0 aromatic heterocycles. The molecule has 0 bridgehead atoms. The number of cyclic esters (lactones) is 1. The molecule has 38 heavy (non-hydrogen) atoms. The summed E-state index contributed by atoms with van der Waals surface area (Å²) in [6.07, 6.45) is 6.10. The van der Waals surface area contributed by atoms with Crippen molar-refractivity contribution in [2.45, 2.75) is 71.3 Å². The summed E-state index contributed by atoms with van der Waals surface area (Å²) < 4.78 is 16.4.